The molecule has 154 valence electrons. The van der Waals surface area contributed by atoms with Crippen molar-refractivity contribution in [3.05, 3.63) is 23.8 Å². The summed E-state index contributed by atoms with van der Waals surface area (Å²) in [5.41, 5.74) is 0.295. The molecule has 0 fully saturated rings. The molecule has 0 spiro atoms. The van der Waals surface area contributed by atoms with Gasteiger partial charge < -0.3 is 29.7 Å². The summed E-state index contributed by atoms with van der Waals surface area (Å²) in [5.74, 6) is 0.357. The van der Waals surface area contributed by atoms with E-state index in [9.17, 15) is 14.7 Å². The van der Waals surface area contributed by atoms with E-state index in [2.05, 4.69) is 5.32 Å². The minimum Gasteiger partial charge on any atom is -0.410 e. The molecule has 0 saturated carbocycles. The molecule has 2 N–H and O–H groups in total. The fraction of sp³-hybridized carbons (Fsp3) is 0.556. The summed E-state index contributed by atoms with van der Waals surface area (Å²) in [6.45, 7) is 6.24. The van der Waals surface area contributed by atoms with Gasteiger partial charge in [-0.1, -0.05) is 0 Å². The Morgan fingerprint density at radius 3 is 1.74 bits per heavy atom. The minimum absolute atomic E-state index is 0. The second-order valence-corrected chi connectivity index (χ2v) is 7.41. The summed E-state index contributed by atoms with van der Waals surface area (Å²) in [6, 6.07) is 4.52. The van der Waals surface area contributed by atoms with Crippen molar-refractivity contribution in [3.63, 3.8) is 0 Å². The monoisotopic (exact) mass is 403 g/mol. The number of carbonyl (C=O) groups excluding carboxylic acids is 2. The molecular formula is C18H30ClN3O5. The molecule has 0 bridgehead atoms. The third-order valence-electron chi connectivity index (χ3n) is 3.25. The molecule has 0 aliphatic carbocycles. The second kappa shape index (κ2) is 10.3. The van der Waals surface area contributed by atoms with Crippen molar-refractivity contribution >= 4 is 24.6 Å². The number of amides is 2. The molecule has 27 heavy (non-hydrogen) atoms. The van der Waals surface area contributed by atoms with Crippen LogP contribution in [0.4, 0.5) is 9.59 Å². The van der Waals surface area contributed by atoms with Crippen LogP contribution in [0.5, 0.6) is 11.5 Å². The number of ether oxygens (including phenoxy) is 2. The molecule has 0 heterocycles. The molecule has 1 unspecified atom stereocenters. The van der Waals surface area contributed by atoms with E-state index in [0.29, 0.717) is 5.56 Å². The van der Waals surface area contributed by atoms with Crippen LogP contribution in [0.25, 0.3) is 0 Å². The van der Waals surface area contributed by atoms with E-state index >= 15 is 0 Å². The van der Waals surface area contributed by atoms with E-state index in [0.717, 1.165) is 0 Å². The number of nitrogens with zero attached hydrogens (tertiary/aromatic N) is 2. The van der Waals surface area contributed by atoms with Crippen LogP contribution in [0.3, 0.4) is 0 Å². The van der Waals surface area contributed by atoms with Crippen LogP contribution >= 0.6 is 12.4 Å². The van der Waals surface area contributed by atoms with Crippen molar-refractivity contribution in [1.82, 2.24) is 15.1 Å². The van der Waals surface area contributed by atoms with Crippen LogP contribution in [0.15, 0.2) is 18.2 Å². The molecule has 0 saturated heterocycles. The number of hydrogen-bond acceptors (Lipinski definition) is 6. The molecule has 1 rings (SSSR count). The van der Waals surface area contributed by atoms with Gasteiger partial charge >= 0.3 is 12.2 Å². The van der Waals surface area contributed by atoms with Crippen molar-refractivity contribution in [3.8, 4) is 11.5 Å². The predicted octanol–water partition coefficient (Wildman–Crippen LogP) is 2.65. The standard InChI is InChI=1S/C18H29N3O5.ClH/c1-18(2,3)19-11-15(22)12-8-13(25-16(23)20(4)5)10-14(9-12)26-17(24)21(6)7;/h8-10,15,19,22H,11H2,1-7H3;1H. The number of hydrogen-bond donors (Lipinski definition) is 2. The number of carbonyl (C=O) groups is 2. The van der Waals surface area contributed by atoms with Crippen molar-refractivity contribution in [2.75, 3.05) is 34.7 Å². The fourth-order valence-electron chi connectivity index (χ4n) is 1.81. The Morgan fingerprint density at radius 2 is 1.41 bits per heavy atom. The van der Waals surface area contributed by atoms with Crippen LogP contribution < -0.4 is 14.8 Å². The van der Waals surface area contributed by atoms with Crippen molar-refractivity contribution in [2.24, 2.45) is 0 Å². The Bertz CT molecular complexity index is 604. The first-order chi connectivity index (χ1) is 11.9. The summed E-state index contributed by atoms with van der Waals surface area (Å²) >= 11 is 0. The minimum atomic E-state index is -0.871. The molecule has 0 aliphatic heterocycles. The van der Waals surface area contributed by atoms with Gasteiger partial charge in [-0.2, -0.15) is 0 Å². The lowest BCUT2D eigenvalue weighted by Crippen LogP contribution is -2.38. The number of aliphatic hydroxyl groups excluding tert-OH is 1. The average molecular weight is 404 g/mol. The maximum Gasteiger partial charge on any atom is 0.414 e. The highest BCUT2D eigenvalue weighted by molar-refractivity contribution is 5.85. The molecule has 2 amide bonds. The van der Waals surface area contributed by atoms with Crippen molar-refractivity contribution in [2.45, 2.75) is 32.4 Å². The molecule has 9 heteroatoms. The van der Waals surface area contributed by atoms with Crippen LogP contribution in [0, 0.1) is 0 Å². The Hall–Kier alpha value is -2.03. The summed E-state index contributed by atoms with van der Waals surface area (Å²) in [6.07, 6.45) is -2.02. The topological polar surface area (TPSA) is 91.3 Å². The number of nitrogens with one attached hydrogen (secondary N) is 1. The van der Waals surface area contributed by atoms with Crippen LogP contribution in [-0.2, 0) is 0 Å². The maximum absolute atomic E-state index is 11.8. The number of halogens is 1. The first-order valence-corrected chi connectivity index (χ1v) is 8.25. The molecule has 1 atom stereocenters. The Labute approximate surface area is 166 Å². The lowest BCUT2D eigenvalue weighted by molar-refractivity contribution is 0.159. The summed E-state index contributed by atoms with van der Waals surface area (Å²) < 4.78 is 10.5. The second-order valence-electron chi connectivity index (χ2n) is 7.41. The third kappa shape index (κ3) is 8.94. The summed E-state index contributed by atoms with van der Waals surface area (Å²) in [4.78, 5) is 26.2. The van der Waals surface area contributed by atoms with Gasteiger partial charge in [0, 0.05) is 46.3 Å². The lowest BCUT2D eigenvalue weighted by atomic mass is 10.1. The van der Waals surface area contributed by atoms with Gasteiger partial charge in [0.15, 0.2) is 0 Å². The zero-order valence-corrected chi connectivity index (χ0v) is 17.7. The van der Waals surface area contributed by atoms with Gasteiger partial charge in [0.05, 0.1) is 6.10 Å². The molecule has 1 aromatic carbocycles. The highest BCUT2D eigenvalue weighted by atomic mass is 35.5. The van der Waals surface area contributed by atoms with Gasteiger partial charge in [0.2, 0.25) is 0 Å². The predicted molar refractivity (Wildman–Crippen MR) is 106 cm³/mol. The molecule has 1 aromatic rings. The number of benzene rings is 1. The first-order valence-electron chi connectivity index (χ1n) is 8.25. The van der Waals surface area contributed by atoms with Crippen LogP contribution in [0.1, 0.15) is 32.4 Å². The van der Waals surface area contributed by atoms with Gasteiger partial charge in [-0.15, -0.1) is 12.4 Å². The van der Waals surface area contributed by atoms with E-state index in [1.54, 1.807) is 40.3 Å². The summed E-state index contributed by atoms with van der Waals surface area (Å²) in [5, 5.41) is 13.7. The fourth-order valence-corrected chi connectivity index (χ4v) is 1.81. The number of β-amino-alcohol motifs (C(OH)–C–C–N with tert-alkyl or cyclic N) is 1. The van der Waals surface area contributed by atoms with Gasteiger partial charge in [0.1, 0.15) is 11.5 Å². The molecule has 8 nitrogen and oxygen atoms in total. The smallest absolute Gasteiger partial charge is 0.410 e. The molecular weight excluding hydrogens is 374 g/mol. The third-order valence-corrected chi connectivity index (χ3v) is 3.25. The number of aliphatic hydroxyl groups is 1. The summed E-state index contributed by atoms with van der Waals surface area (Å²) in [7, 11) is 6.23. The molecule has 0 aliphatic rings. The first kappa shape index (κ1) is 25.0. The normalized spacial score (nSPS) is 11.9. The molecule has 0 aromatic heterocycles. The van der Waals surface area contributed by atoms with E-state index in [4.69, 9.17) is 9.47 Å². The maximum atomic E-state index is 11.8. The van der Waals surface area contributed by atoms with Gasteiger partial charge in [-0.05, 0) is 38.5 Å². The van der Waals surface area contributed by atoms with Crippen LogP contribution in [-0.4, -0.2) is 67.4 Å². The Kier molecular flexibility index (Phi) is 9.56. The van der Waals surface area contributed by atoms with E-state index < -0.39 is 18.3 Å². The highest BCUT2D eigenvalue weighted by Crippen LogP contribution is 2.27. The van der Waals surface area contributed by atoms with Gasteiger partial charge in [-0.3, -0.25) is 0 Å². The molecule has 0 radical (unpaired) electrons. The quantitative estimate of drug-likeness (QED) is 0.785. The highest BCUT2D eigenvalue weighted by Gasteiger charge is 2.18. The van der Waals surface area contributed by atoms with Gasteiger partial charge in [0.25, 0.3) is 0 Å². The SMILES string of the molecule is CN(C)C(=O)Oc1cc(OC(=O)N(C)C)cc(C(O)CNC(C)(C)C)c1.Cl. The van der Waals surface area contributed by atoms with Crippen LogP contribution in [0.2, 0.25) is 0 Å². The van der Waals surface area contributed by atoms with E-state index in [1.165, 1.54) is 15.9 Å². The van der Waals surface area contributed by atoms with Gasteiger partial charge in [-0.25, -0.2) is 9.59 Å². The number of rotatable bonds is 5. The van der Waals surface area contributed by atoms with Crippen molar-refractivity contribution < 1.29 is 24.2 Å². The zero-order chi connectivity index (χ0) is 20.1. The average Bonchev–Trinajstić information content (AvgIpc) is 2.51. The van der Waals surface area contributed by atoms with E-state index in [-0.39, 0.29) is 36.0 Å². The lowest BCUT2D eigenvalue weighted by Gasteiger charge is -2.23. The largest absolute Gasteiger partial charge is 0.414 e. The Balaban J connectivity index is 0.00000676. The zero-order valence-electron chi connectivity index (χ0n) is 16.9. The Morgan fingerprint density at radius 1 is 1.00 bits per heavy atom. The van der Waals surface area contributed by atoms with E-state index in [1.807, 2.05) is 20.8 Å². The van der Waals surface area contributed by atoms with Crippen molar-refractivity contribution in [1.29, 1.82) is 0 Å².